The first-order chi connectivity index (χ1) is 7.93. The largest absolute Gasteiger partial charge is 0.481 e. The van der Waals surface area contributed by atoms with E-state index in [0.717, 1.165) is 0 Å². The van der Waals surface area contributed by atoms with Gasteiger partial charge in [-0.3, -0.25) is 4.79 Å². The standard InChI is InChI=1S/C11H20F3NO3/c1-10(2,3)4-7(16)5-15-6-8(9(17)18)11(12,13)14/h7-8,15-16H,4-6H2,1-3H3,(H,17,18). The highest BCUT2D eigenvalue weighted by atomic mass is 19.4. The Bertz CT molecular complexity index is 274. The van der Waals surface area contributed by atoms with E-state index in [-0.39, 0.29) is 12.0 Å². The third-order valence-electron chi connectivity index (χ3n) is 2.27. The second-order valence-corrected chi connectivity index (χ2v) is 5.51. The molecule has 0 aliphatic carbocycles. The van der Waals surface area contributed by atoms with Crippen molar-refractivity contribution in [1.29, 1.82) is 0 Å². The lowest BCUT2D eigenvalue weighted by Gasteiger charge is -2.23. The van der Waals surface area contributed by atoms with Crippen LogP contribution in [0.3, 0.4) is 0 Å². The summed E-state index contributed by atoms with van der Waals surface area (Å²) in [7, 11) is 0. The van der Waals surface area contributed by atoms with Gasteiger partial charge in [-0.1, -0.05) is 20.8 Å². The quantitative estimate of drug-likeness (QED) is 0.687. The maximum atomic E-state index is 12.3. The zero-order chi connectivity index (χ0) is 14.6. The van der Waals surface area contributed by atoms with Gasteiger partial charge in [0.25, 0.3) is 0 Å². The third kappa shape index (κ3) is 7.50. The van der Waals surface area contributed by atoms with Crippen molar-refractivity contribution in [3.63, 3.8) is 0 Å². The SMILES string of the molecule is CC(C)(C)CC(O)CNCC(C(=O)O)C(F)(F)F. The molecule has 0 saturated heterocycles. The second-order valence-electron chi connectivity index (χ2n) is 5.51. The van der Waals surface area contributed by atoms with Crippen molar-refractivity contribution in [2.45, 2.75) is 39.5 Å². The van der Waals surface area contributed by atoms with E-state index in [9.17, 15) is 23.1 Å². The third-order valence-corrected chi connectivity index (χ3v) is 2.27. The van der Waals surface area contributed by atoms with Crippen LogP contribution in [0.2, 0.25) is 0 Å². The van der Waals surface area contributed by atoms with E-state index in [2.05, 4.69) is 5.32 Å². The molecule has 0 saturated carbocycles. The van der Waals surface area contributed by atoms with Crippen LogP contribution in [0.4, 0.5) is 13.2 Å². The number of carbonyl (C=O) groups is 1. The molecule has 0 spiro atoms. The molecular weight excluding hydrogens is 251 g/mol. The summed E-state index contributed by atoms with van der Waals surface area (Å²) < 4.78 is 36.8. The second kappa shape index (κ2) is 6.38. The van der Waals surface area contributed by atoms with E-state index in [1.165, 1.54) is 0 Å². The van der Waals surface area contributed by atoms with E-state index < -0.39 is 30.7 Å². The highest BCUT2D eigenvalue weighted by Gasteiger charge is 2.44. The Labute approximate surface area is 104 Å². The zero-order valence-corrected chi connectivity index (χ0v) is 10.7. The van der Waals surface area contributed by atoms with E-state index >= 15 is 0 Å². The average molecular weight is 271 g/mol. The van der Waals surface area contributed by atoms with Crippen LogP contribution in [0.5, 0.6) is 0 Å². The fraction of sp³-hybridized carbons (Fsp3) is 0.909. The molecular formula is C11H20F3NO3. The number of hydrogen-bond donors (Lipinski definition) is 3. The predicted octanol–water partition coefficient (Wildman–Crippen LogP) is 1.64. The van der Waals surface area contributed by atoms with Crippen LogP contribution < -0.4 is 5.32 Å². The number of halogens is 3. The number of aliphatic carboxylic acids is 1. The molecule has 3 N–H and O–H groups in total. The van der Waals surface area contributed by atoms with Crippen LogP contribution in [-0.4, -0.2) is 41.6 Å². The van der Waals surface area contributed by atoms with Gasteiger partial charge < -0.3 is 15.5 Å². The molecule has 4 nitrogen and oxygen atoms in total. The lowest BCUT2D eigenvalue weighted by Crippen LogP contribution is -2.41. The van der Waals surface area contributed by atoms with E-state index in [1.807, 2.05) is 20.8 Å². The van der Waals surface area contributed by atoms with Crippen molar-refractivity contribution in [2.24, 2.45) is 11.3 Å². The van der Waals surface area contributed by atoms with Crippen molar-refractivity contribution in [3.05, 3.63) is 0 Å². The number of aliphatic hydroxyl groups excluding tert-OH is 1. The molecule has 0 heterocycles. The number of aliphatic hydroxyl groups is 1. The van der Waals surface area contributed by atoms with Crippen molar-refractivity contribution in [2.75, 3.05) is 13.1 Å². The number of nitrogens with one attached hydrogen (secondary N) is 1. The number of alkyl halides is 3. The predicted molar refractivity (Wildman–Crippen MR) is 60.1 cm³/mol. The van der Waals surface area contributed by atoms with E-state index in [4.69, 9.17) is 5.11 Å². The van der Waals surface area contributed by atoms with E-state index in [1.54, 1.807) is 0 Å². The van der Waals surface area contributed by atoms with Crippen molar-refractivity contribution in [3.8, 4) is 0 Å². The minimum atomic E-state index is -4.78. The number of carboxylic acids is 1. The van der Waals surface area contributed by atoms with Gasteiger partial charge in [0, 0.05) is 13.1 Å². The van der Waals surface area contributed by atoms with Gasteiger partial charge in [-0.05, 0) is 11.8 Å². The molecule has 108 valence electrons. The van der Waals surface area contributed by atoms with Gasteiger partial charge in [-0.15, -0.1) is 0 Å². The molecule has 2 atom stereocenters. The zero-order valence-electron chi connectivity index (χ0n) is 10.7. The highest BCUT2D eigenvalue weighted by molar-refractivity contribution is 5.71. The molecule has 0 fully saturated rings. The van der Waals surface area contributed by atoms with Gasteiger partial charge >= 0.3 is 12.1 Å². The van der Waals surface area contributed by atoms with Gasteiger partial charge in [0.05, 0.1) is 6.10 Å². The number of carboxylic acid groups (broad SMARTS) is 1. The minimum absolute atomic E-state index is 0.0584. The van der Waals surface area contributed by atoms with Crippen molar-refractivity contribution < 1.29 is 28.2 Å². The first-order valence-electron chi connectivity index (χ1n) is 5.62. The average Bonchev–Trinajstić information content (AvgIpc) is 2.06. The monoisotopic (exact) mass is 271 g/mol. The van der Waals surface area contributed by atoms with Gasteiger partial charge in [-0.25, -0.2) is 0 Å². The van der Waals surface area contributed by atoms with Gasteiger partial charge in [0.2, 0.25) is 0 Å². The molecule has 0 aliphatic rings. The normalized spacial score (nSPS) is 16.4. The fourth-order valence-electron chi connectivity index (χ4n) is 1.52. The molecule has 0 radical (unpaired) electrons. The van der Waals surface area contributed by atoms with Crippen LogP contribution in [0, 0.1) is 11.3 Å². The number of hydrogen-bond acceptors (Lipinski definition) is 3. The Morgan fingerprint density at radius 3 is 2.06 bits per heavy atom. The maximum Gasteiger partial charge on any atom is 0.403 e. The summed E-state index contributed by atoms with van der Waals surface area (Å²) in [4.78, 5) is 10.4. The van der Waals surface area contributed by atoms with Crippen molar-refractivity contribution >= 4 is 5.97 Å². The number of rotatable bonds is 6. The summed E-state index contributed by atoms with van der Waals surface area (Å²) in [5.74, 6) is -4.36. The first-order valence-corrected chi connectivity index (χ1v) is 5.62. The van der Waals surface area contributed by atoms with Crippen LogP contribution in [0.1, 0.15) is 27.2 Å². The minimum Gasteiger partial charge on any atom is -0.481 e. The summed E-state index contributed by atoms with van der Waals surface area (Å²) >= 11 is 0. The molecule has 0 aromatic rings. The molecule has 7 heteroatoms. The Balaban J connectivity index is 4.13. The van der Waals surface area contributed by atoms with Gasteiger partial charge in [0.15, 0.2) is 5.92 Å². The smallest absolute Gasteiger partial charge is 0.403 e. The summed E-state index contributed by atoms with van der Waals surface area (Å²) in [6.45, 7) is 4.89. The van der Waals surface area contributed by atoms with Crippen LogP contribution in [-0.2, 0) is 4.79 Å². The Hall–Kier alpha value is -0.820. The first kappa shape index (κ1) is 17.2. The van der Waals surface area contributed by atoms with E-state index in [0.29, 0.717) is 6.42 Å². The Kier molecular flexibility index (Phi) is 6.09. The Morgan fingerprint density at radius 1 is 1.22 bits per heavy atom. The van der Waals surface area contributed by atoms with Gasteiger partial charge in [0.1, 0.15) is 0 Å². The lowest BCUT2D eigenvalue weighted by molar-refractivity contribution is -0.192. The molecule has 0 aromatic carbocycles. The summed E-state index contributed by atoms with van der Waals surface area (Å²) in [6.07, 6.45) is -5.16. The molecule has 18 heavy (non-hydrogen) atoms. The summed E-state index contributed by atoms with van der Waals surface area (Å²) in [6, 6.07) is 0. The molecule has 0 aromatic heterocycles. The molecule has 2 unspecified atom stereocenters. The molecule has 0 rings (SSSR count). The van der Waals surface area contributed by atoms with Gasteiger partial charge in [-0.2, -0.15) is 13.2 Å². The highest BCUT2D eigenvalue weighted by Crippen LogP contribution is 2.26. The molecule has 0 aliphatic heterocycles. The topological polar surface area (TPSA) is 69.6 Å². The summed E-state index contributed by atoms with van der Waals surface area (Å²) in [5.41, 5.74) is -0.142. The maximum absolute atomic E-state index is 12.3. The Morgan fingerprint density at radius 2 is 1.72 bits per heavy atom. The van der Waals surface area contributed by atoms with Crippen LogP contribution in [0.25, 0.3) is 0 Å². The van der Waals surface area contributed by atoms with Crippen LogP contribution >= 0.6 is 0 Å². The molecule has 0 amide bonds. The lowest BCUT2D eigenvalue weighted by atomic mass is 9.89. The molecule has 0 bridgehead atoms. The van der Waals surface area contributed by atoms with Crippen LogP contribution in [0.15, 0.2) is 0 Å². The summed E-state index contributed by atoms with van der Waals surface area (Å²) in [5, 5.41) is 20.3. The fourth-order valence-corrected chi connectivity index (χ4v) is 1.52. The van der Waals surface area contributed by atoms with Crippen molar-refractivity contribution in [1.82, 2.24) is 5.32 Å².